The molecule has 0 saturated heterocycles. The van der Waals surface area contributed by atoms with Gasteiger partial charge in [-0.2, -0.15) is 0 Å². The van der Waals surface area contributed by atoms with Gasteiger partial charge in [-0.1, -0.05) is 91.0 Å². The fraction of sp³-hybridized carbons (Fsp3) is 0.0303. The van der Waals surface area contributed by atoms with Crippen LogP contribution in [-0.4, -0.2) is 16.1 Å². The lowest BCUT2D eigenvalue weighted by atomic mass is 9.93. The zero-order valence-electron chi connectivity index (χ0n) is 19.5. The second-order valence-electron chi connectivity index (χ2n) is 9.40. The first-order valence-electron chi connectivity index (χ1n) is 12.3. The molecule has 3 heteroatoms. The van der Waals surface area contributed by atoms with Crippen LogP contribution >= 0.6 is 0 Å². The molecule has 0 atom stereocenters. The number of hydrogen-bond donors (Lipinski definition) is 0. The van der Waals surface area contributed by atoms with Gasteiger partial charge in [0.15, 0.2) is 0 Å². The third-order valence-corrected chi connectivity index (χ3v) is 7.43. The van der Waals surface area contributed by atoms with Gasteiger partial charge >= 0.3 is 0 Å². The summed E-state index contributed by atoms with van der Waals surface area (Å²) in [5.74, 6) is 0. The molecule has 1 aliphatic heterocycles. The Morgan fingerprint density at radius 1 is 0.639 bits per heavy atom. The number of nitrogens with zero attached hydrogens (tertiary/aromatic N) is 3. The van der Waals surface area contributed by atoms with Gasteiger partial charge in [-0.3, -0.25) is 9.56 Å². The second-order valence-corrected chi connectivity index (χ2v) is 9.40. The lowest BCUT2D eigenvalue weighted by molar-refractivity contribution is 0.980. The van der Waals surface area contributed by atoms with Crippen LogP contribution in [0.3, 0.4) is 0 Å². The highest BCUT2D eigenvalue weighted by atomic mass is 15.1. The lowest BCUT2D eigenvalue weighted by Gasteiger charge is -2.13. The van der Waals surface area contributed by atoms with Gasteiger partial charge in [-0.15, -0.1) is 0 Å². The van der Waals surface area contributed by atoms with Crippen LogP contribution in [0.25, 0.3) is 66.2 Å². The van der Waals surface area contributed by atoms with E-state index in [2.05, 4.69) is 114 Å². The van der Waals surface area contributed by atoms with E-state index in [1.165, 1.54) is 48.7 Å². The Morgan fingerprint density at radius 2 is 1.39 bits per heavy atom. The molecule has 0 unspecified atom stereocenters. The maximum atomic E-state index is 4.93. The number of aromatic nitrogens is 2. The van der Waals surface area contributed by atoms with Crippen molar-refractivity contribution in [1.29, 1.82) is 0 Å². The SMILES string of the molecule is C1=c2c(n(-c3cccc(-c4cc5ccccc5c5ccccc45)c3)c3ncc4ccccc4c23)=NC1. The van der Waals surface area contributed by atoms with E-state index in [9.17, 15) is 0 Å². The predicted molar refractivity (Wildman–Crippen MR) is 149 cm³/mol. The van der Waals surface area contributed by atoms with Crippen molar-refractivity contribution in [2.45, 2.75) is 0 Å². The van der Waals surface area contributed by atoms with Crippen LogP contribution in [0.4, 0.5) is 0 Å². The minimum atomic E-state index is 0.707. The van der Waals surface area contributed by atoms with Crippen molar-refractivity contribution in [1.82, 2.24) is 9.55 Å². The summed E-state index contributed by atoms with van der Waals surface area (Å²) in [4.78, 5) is 9.81. The van der Waals surface area contributed by atoms with Gasteiger partial charge in [0.25, 0.3) is 0 Å². The summed E-state index contributed by atoms with van der Waals surface area (Å²) in [5.41, 5.74) is 5.46. The number of rotatable bonds is 2. The van der Waals surface area contributed by atoms with Gasteiger partial charge in [0.2, 0.25) is 0 Å². The van der Waals surface area contributed by atoms with Crippen LogP contribution < -0.4 is 10.7 Å². The molecular formula is C33H21N3. The average Bonchev–Trinajstić information content (AvgIpc) is 3.53. The highest BCUT2D eigenvalue weighted by Crippen LogP contribution is 2.35. The molecule has 3 heterocycles. The molecule has 1 aliphatic rings. The summed E-state index contributed by atoms with van der Waals surface area (Å²) in [6.07, 6.45) is 4.20. The standard InChI is InChI=1S/C33H21N3/c1-3-12-25-22(8-1)19-30(28-15-6-5-14-27(25)28)21-10-7-11-24(18-21)36-32-29(16-17-34-32)31-26-13-4-2-9-23(26)20-35-33(31)36/h1-16,18-20H,17H2. The zero-order chi connectivity index (χ0) is 23.6. The van der Waals surface area contributed by atoms with Crippen LogP contribution in [0.5, 0.6) is 0 Å². The molecule has 36 heavy (non-hydrogen) atoms. The number of hydrogen-bond acceptors (Lipinski definition) is 2. The third kappa shape index (κ3) is 2.68. The molecule has 8 rings (SSSR count). The number of fused-ring (bicyclic) bond motifs is 8. The van der Waals surface area contributed by atoms with Crippen molar-refractivity contribution in [2.24, 2.45) is 4.99 Å². The van der Waals surface area contributed by atoms with Crippen LogP contribution in [0.15, 0.2) is 114 Å². The first-order valence-corrected chi connectivity index (χ1v) is 12.3. The van der Waals surface area contributed by atoms with E-state index in [-0.39, 0.29) is 0 Å². The maximum Gasteiger partial charge on any atom is 0.147 e. The van der Waals surface area contributed by atoms with Crippen LogP contribution in [0, 0.1) is 0 Å². The summed E-state index contributed by atoms with van der Waals surface area (Å²) < 4.78 is 2.23. The Balaban J connectivity index is 1.43. The largest absolute Gasteiger partial charge is 0.278 e. The van der Waals surface area contributed by atoms with Gasteiger partial charge in [0, 0.05) is 27.9 Å². The van der Waals surface area contributed by atoms with Gasteiger partial charge < -0.3 is 0 Å². The zero-order valence-corrected chi connectivity index (χ0v) is 19.5. The molecule has 0 amide bonds. The Kier molecular flexibility index (Phi) is 4.00. The van der Waals surface area contributed by atoms with Crippen molar-refractivity contribution in [2.75, 3.05) is 6.54 Å². The summed E-state index contributed by atoms with van der Waals surface area (Å²) >= 11 is 0. The topological polar surface area (TPSA) is 30.2 Å². The van der Waals surface area contributed by atoms with Crippen molar-refractivity contribution in [3.63, 3.8) is 0 Å². The molecule has 7 aromatic rings. The molecule has 0 N–H and O–H groups in total. The second kappa shape index (κ2) is 7.37. The van der Waals surface area contributed by atoms with Crippen molar-refractivity contribution < 1.29 is 0 Å². The fourth-order valence-corrected chi connectivity index (χ4v) is 5.84. The molecule has 0 aliphatic carbocycles. The Hall–Kier alpha value is -4.76. The van der Waals surface area contributed by atoms with Crippen molar-refractivity contribution in [3.8, 4) is 16.8 Å². The summed E-state index contributed by atoms with van der Waals surface area (Å²) in [6.45, 7) is 0.707. The van der Waals surface area contributed by atoms with Crippen LogP contribution in [-0.2, 0) is 0 Å². The predicted octanol–water partition coefficient (Wildman–Crippen LogP) is 6.57. The summed E-state index contributed by atoms with van der Waals surface area (Å²) in [5, 5.41) is 9.83. The van der Waals surface area contributed by atoms with Gasteiger partial charge in [-0.25, -0.2) is 4.98 Å². The normalized spacial score (nSPS) is 12.8. The van der Waals surface area contributed by atoms with Crippen molar-refractivity contribution in [3.05, 3.63) is 120 Å². The van der Waals surface area contributed by atoms with Gasteiger partial charge in [-0.05, 0) is 56.3 Å². The van der Waals surface area contributed by atoms with E-state index in [1.54, 1.807) is 0 Å². The van der Waals surface area contributed by atoms with E-state index in [1.807, 2.05) is 6.20 Å². The van der Waals surface area contributed by atoms with Gasteiger partial charge in [0.1, 0.15) is 11.1 Å². The summed E-state index contributed by atoms with van der Waals surface area (Å²) in [6, 6.07) is 36.9. The molecule has 0 fully saturated rings. The highest BCUT2D eigenvalue weighted by Gasteiger charge is 2.17. The van der Waals surface area contributed by atoms with E-state index in [0.29, 0.717) is 6.54 Å². The highest BCUT2D eigenvalue weighted by molar-refractivity contribution is 6.14. The fourth-order valence-electron chi connectivity index (χ4n) is 5.84. The molecule has 2 aromatic heterocycles. The smallest absolute Gasteiger partial charge is 0.147 e. The molecule has 0 radical (unpaired) electrons. The molecule has 0 spiro atoms. The van der Waals surface area contributed by atoms with E-state index < -0.39 is 0 Å². The Bertz CT molecular complexity index is 2130. The molecule has 5 aromatic carbocycles. The molecule has 168 valence electrons. The van der Waals surface area contributed by atoms with E-state index >= 15 is 0 Å². The Morgan fingerprint density at radius 3 is 2.28 bits per heavy atom. The lowest BCUT2D eigenvalue weighted by Crippen LogP contribution is -2.25. The molecule has 0 bridgehead atoms. The molecule has 0 saturated carbocycles. The average molecular weight is 460 g/mol. The summed E-state index contributed by atoms with van der Waals surface area (Å²) in [7, 11) is 0. The third-order valence-electron chi connectivity index (χ3n) is 7.43. The minimum absolute atomic E-state index is 0.707. The number of benzene rings is 5. The quantitative estimate of drug-likeness (QED) is 0.269. The molecule has 3 nitrogen and oxygen atoms in total. The van der Waals surface area contributed by atoms with Crippen molar-refractivity contribution >= 4 is 49.4 Å². The minimum Gasteiger partial charge on any atom is -0.278 e. The Labute approximate surface area is 207 Å². The first kappa shape index (κ1) is 19.5. The number of pyridine rings is 1. The van der Waals surface area contributed by atoms with E-state index in [0.717, 1.165) is 22.2 Å². The maximum absolute atomic E-state index is 4.93. The molecular weight excluding hydrogens is 438 g/mol. The van der Waals surface area contributed by atoms with Crippen LogP contribution in [0.1, 0.15) is 0 Å². The van der Waals surface area contributed by atoms with Crippen LogP contribution in [0.2, 0.25) is 0 Å². The first-order chi connectivity index (χ1) is 17.9. The monoisotopic (exact) mass is 459 g/mol. The van der Waals surface area contributed by atoms with Gasteiger partial charge in [0.05, 0.1) is 6.54 Å². The van der Waals surface area contributed by atoms with E-state index in [4.69, 9.17) is 9.98 Å².